The van der Waals surface area contributed by atoms with Crippen LogP contribution in [0.4, 0.5) is 9.80 Å². The van der Waals surface area contributed by atoms with Crippen LogP contribution in [0.25, 0.3) is 10.2 Å². The fourth-order valence-electron chi connectivity index (χ4n) is 3.29. The Morgan fingerprint density at radius 3 is 2.41 bits per heavy atom. The van der Waals surface area contributed by atoms with Gasteiger partial charge in [-0.3, -0.25) is 9.59 Å². The van der Waals surface area contributed by atoms with E-state index in [1.165, 1.54) is 22.7 Å². The molecule has 10 heteroatoms. The summed E-state index contributed by atoms with van der Waals surface area (Å²) in [5, 5.41) is 5.46. The van der Waals surface area contributed by atoms with E-state index in [1.807, 2.05) is 45.0 Å². The van der Waals surface area contributed by atoms with E-state index in [9.17, 15) is 14.4 Å². The van der Waals surface area contributed by atoms with Crippen LogP contribution in [0, 0.1) is 0 Å². The maximum Gasteiger partial charge on any atom is 0.410 e. The number of anilines is 1. The zero-order chi connectivity index (χ0) is 22.9. The second-order valence-electron chi connectivity index (χ2n) is 8.36. The van der Waals surface area contributed by atoms with Crippen LogP contribution in [-0.4, -0.2) is 64.5 Å². The fraction of sp³-hybridized carbons (Fsp3) is 0.364. The number of thiazole rings is 1. The van der Waals surface area contributed by atoms with E-state index in [2.05, 4.69) is 10.3 Å². The molecule has 1 fully saturated rings. The Morgan fingerprint density at radius 2 is 1.72 bits per heavy atom. The molecule has 4 rings (SSSR count). The number of hydrogen-bond acceptors (Lipinski definition) is 7. The monoisotopic (exact) mass is 472 g/mol. The van der Waals surface area contributed by atoms with Crippen LogP contribution in [0.5, 0.6) is 0 Å². The van der Waals surface area contributed by atoms with Gasteiger partial charge in [-0.05, 0) is 44.4 Å². The number of rotatable bonds is 3. The number of benzene rings is 1. The molecule has 1 N–H and O–H groups in total. The third-order valence-electron chi connectivity index (χ3n) is 4.83. The maximum absolute atomic E-state index is 13.1. The Labute approximate surface area is 193 Å². The molecule has 2 aromatic heterocycles. The maximum atomic E-state index is 13.1. The van der Waals surface area contributed by atoms with Crippen LogP contribution in [0.2, 0.25) is 0 Å². The molecule has 1 aliphatic rings. The van der Waals surface area contributed by atoms with E-state index >= 15 is 0 Å². The molecule has 8 nitrogen and oxygen atoms in total. The number of carbonyl (C=O) groups is 3. The molecule has 0 unspecified atom stereocenters. The second kappa shape index (κ2) is 8.87. The van der Waals surface area contributed by atoms with Crippen molar-refractivity contribution in [3.63, 3.8) is 0 Å². The first-order valence-corrected chi connectivity index (χ1v) is 11.9. The Bertz CT molecular complexity index is 1120. The third-order valence-corrected chi connectivity index (χ3v) is 6.69. The van der Waals surface area contributed by atoms with Crippen LogP contribution in [0.15, 0.2) is 35.7 Å². The number of para-hydroxylation sites is 1. The number of piperazine rings is 1. The first-order valence-electron chi connectivity index (χ1n) is 10.2. The van der Waals surface area contributed by atoms with Crippen LogP contribution in [-0.2, 0) is 4.74 Å². The molecule has 1 aromatic carbocycles. The highest BCUT2D eigenvalue weighted by Gasteiger charge is 2.29. The smallest absolute Gasteiger partial charge is 0.410 e. The molecule has 0 bridgehead atoms. The Hall–Kier alpha value is -2.98. The number of ether oxygens (including phenoxy) is 1. The van der Waals surface area contributed by atoms with E-state index in [0.717, 1.165) is 10.2 Å². The summed E-state index contributed by atoms with van der Waals surface area (Å²) < 4.78 is 6.34. The second-order valence-corrected chi connectivity index (χ2v) is 10.3. The van der Waals surface area contributed by atoms with Crippen molar-refractivity contribution in [1.29, 1.82) is 0 Å². The molecule has 3 aromatic rings. The number of fused-ring (bicyclic) bond motifs is 1. The van der Waals surface area contributed by atoms with Gasteiger partial charge in [0.25, 0.3) is 11.8 Å². The van der Waals surface area contributed by atoms with Gasteiger partial charge in [0.1, 0.15) is 10.6 Å². The van der Waals surface area contributed by atoms with Gasteiger partial charge in [0, 0.05) is 26.2 Å². The lowest BCUT2D eigenvalue weighted by Crippen LogP contribution is -2.51. The summed E-state index contributed by atoms with van der Waals surface area (Å²) in [5.41, 5.74) is 0.653. The molecule has 3 heterocycles. The van der Waals surface area contributed by atoms with Gasteiger partial charge in [-0.2, -0.15) is 0 Å². The lowest BCUT2D eigenvalue weighted by Gasteiger charge is -2.35. The van der Waals surface area contributed by atoms with Crippen LogP contribution < -0.4 is 5.32 Å². The molecule has 1 aliphatic heterocycles. The summed E-state index contributed by atoms with van der Waals surface area (Å²) in [4.78, 5) is 45.7. The fourth-order valence-corrected chi connectivity index (χ4v) is 4.92. The summed E-state index contributed by atoms with van der Waals surface area (Å²) >= 11 is 2.61. The number of nitrogens with zero attached hydrogens (tertiary/aromatic N) is 3. The van der Waals surface area contributed by atoms with Crippen molar-refractivity contribution in [2.24, 2.45) is 0 Å². The van der Waals surface area contributed by atoms with E-state index in [1.54, 1.807) is 21.2 Å². The summed E-state index contributed by atoms with van der Waals surface area (Å²) in [5.74, 6) is -0.507. The molecule has 0 radical (unpaired) electrons. The average Bonchev–Trinajstić information content (AvgIpc) is 3.39. The van der Waals surface area contributed by atoms with E-state index in [0.29, 0.717) is 41.8 Å². The molecule has 1 saturated heterocycles. The number of amides is 3. The van der Waals surface area contributed by atoms with Crippen molar-refractivity contribution in [3.05, 3.63) is 46.3 Å². The van der Waals surface area contributed by atoms with Gasteiger partial charge in [-0.15, -0.1) is 22.7 Å². The Kier molecular flexibility index (Phi) is 6.16. The van der Waals surface area contributed by atoms with E-state index in [4.69, 9.17) is 4.74 Å². The van der Waals surface area contributed by atoms with Gasteiger partial charge in [-0.1, -0.05) is 12.1 Å². The van der Waals surface area contributed by atoms with Gasteiger partial charge in [-0.25, -0.2) is 9.78 Å². The number of hydrogen-bond donors (Lipinski definition) is 1. The van der Waals surface area contributed by atoms with Gasteiger partial charge in [0.05, 0.1) is 15.8 Å². The predicted octanol–water partition coefficient (Wildman–Crippen LogP) is 4.30. The number of thiophene rings is 1. The largest absolute Gasteiger partial charge is 0.444 e. The lowest BCUT2D eigenvalue weighted by atomic mass is 10.2. The Morgan fingerprint density at radius 1 is 1.03 bits per heavy atom. The average molecular weight is 473 g/mol. The summed E-state index contributed by atoms with van der Waals surface area (Å²) in [6, 6.07) is 9.27. The molecule has 0 saturated carbocycles. The van der Waals surface area contributed by atoms with Crippen molar-refractivity contribution in [1.82, 2.24) is 14.8 Å². The summed E-state index contributed by atoms with van der Waals surface area (Å²) in [6.45, 7) is 7.08. The van der Waals surface area contributed by atoms with Gasteiger partial charge >= 0.3 is 6.09 Å². The quantitative estimate of drug-likeness (QED) is 0.614. The van der Waals surface area contributed by atoms with Crippen LogP contribution in [0.1, 0.15) is 40.9 Å². The van der Waals surface area contributed by atoms with Crippen LogP contribution >= 0.6 is 22.7 Å². The number of aromatic nitrogens is 1. The Balaban J connectivity index is 1.39. The number of nitrogens with one attached hydrogen (secondary N) is 1. The molecule has 3 amide bonds. The highest BCUT2D eigenvalue weighted by molar-refractivity contribution is 7.20. The first-order chi connectivity index (χ1) is 15.2. The lowest BCUT2D eigenvalue weighted by molar-refractivity contribution is 0.0141. The van der Waals surface area contributed by atoms with Gasteiger partial charge in [0.2, 0.25) is 0 Å². The van der Waals surface area contributed by atoms with Crippen molar-refractivity contribution >= 4 is 55.8 Å². The first kappa shape index (κ1) is 22.2. The van der Waals surface area contributed by atoms with Crippen molar-refractivity contribution < 1.29 is 19.1 Å². The van der Waals surface area contributed by atoms with Crippen molar-refractivity contribution in [3.8, 4) is 0 Å². The molecule has 0 aliphatic carbocycles. The molecular formula is C22H24N4O4S2. The minimum atomic E-state index is -0.558. The molecule has 0 atom stereocenters. The molecule has 32 heavy (non-hydrogen) atoms. The summed E-state index contributed by atoms with van der Waals surface area (Å²) in [7, 11) is 0. The predicted molar refractivity (Wildman–Crippen MR) is 126 cm³/mol. The molecule has 0 spiro atoms. The number of carbonyl (C=O) groups excluding carboxylic acids is 3. The van der Waals surface area contributed by atoms with Crippen molar-refractivity contribution in [2.75, 3.05) is 31.5 Å². The van der Waals surface area contributed by atoms with E-state index < -0.39 is 5.60 Å². The SMILES string of the molecule is CC(C)(C)OC(=O)N1CCN(C(=O)c2ccsc2NC(=O)c2nc3ccccc3s2)CC1. The molecular weight excluding hydrogens is 448 g/mol. The standard InChI is InChI=1S/C22H24N4O4S2/c1-22(2,3)30-21(29)26-11-9-25(10-12-26)20(28)14-8-13-31-18(14)24-17(27)19-23-15-6-4-5-7-16(15)32-19/h4-8,13H,9-12H2,1-3H3,(H,24,27). The van der Waals surface area contributed by atoms with E-state index in [-0.39, 0.29) is 17.9 Å². The highest BCUT2D eigenvalue weighted by atomic mass is 32.1. The van der Waals surface area contributed by atoms with Crippen LogP contribution in [0.3, 0.4) is 0 Å². The zero-order valence-corrected chi connectivity index (χ0v) is 19.7. The molecule has 168 valence electrons. The normalized spacial score (nSPS) is 14.5. The minimum absolute atomic E-state index is 0.172. The third kappa shape index (κ3) is 4.91. The van der Waals surface area contributed by atoms with Crippen molar-refractivity contribution in [2.45, 2.75) is 26.4 Å². The van der Waals surface area contributed by atoms with Gasteiger partial charge in [0.15, 0.2) is 5.01 Å². The zero-order valence-electron chi connectivity index (χ0n) is 18.1. The minimum Gasteiger partial charge on any atom is -0.444 e. The van der Waals surface area contributed by atoms with Gasteiger partial charge < -0.3 is 19.9 Å². The summed E-state index contributed by atoms with van der Waals surface area (Å²) in [6.07, 6.45) is -0.371. The topological polar surface area (TPSA) is 91.8 Å². The highest BCUT2D eigenvalue weighted by Crippen LogP contribution is 2.28.